The Morgan fingerprint density at radius 2 is 2.20 bits per heavy atom. The third-order valence-electron chi connectivity index (χ3n) is 3.21. The van der Waals surface area contributed by atoms with Gasteiger partial charge in [-0.25, -0.2) is 9.37 Å². The number of imidazole rings is 1. The molecule has 6 heteroatoms. The fourth-order valence-electron chi connectivity index (χ4n) is 2.34. The Bertz CT molecular complexity index is 760. The lowest BCUT2D eigenvalue weighted by Crippen LogP contribution is -2.05. The first-order valence-electron chi connectivity index (χ1n) is 6.32. The molecule has 3 aromatic rings. The summed E-state index contributed by atoms with van der Waals surface area (Å²) >= 11 is 6.18. The molecule has 0 amide bonds. The first-order chi connectivity index (χ1) is 9.56. The lowest BCUT2D eigenvalue weighted by molar-refractivity contribution is 0.637. The number of rotatable bonds is 3. The van der Waals surface area contributed by atoms with Crippen LogP contribution in [-0.4, -0.2) is 19.3 Å². The molecule has 0 saturated carbocycles. The van der Waals surface area contributed by atoms with Crippen LogP contribution >= 0.6 is 11.6 Å². The van der Waals surface area contributed by atoms with Crippen molar-refractivity contribution in [3.63, 3.8) is 0 Å². The van der Waals surface area contributed by atoms with E-state index in [4.69, 9.17) is 11.6 Å². The number of hydrogen-bond acceptors (Lipinski definition) is 2. The quantitative estimate of drug-likeness (QED) is 0.695. The van der Waals surface area contributed by atoms with Gasteiger partial charge in [0.25, 0.3) is 0 Å². The van der Waals surface area contributed by atoms with Crippen molar-refractivity contribution in [3.8, 4) is 0 Å². The molecule has 0 aliphatic rings. The summed E-state index contributed by atoms with van der Waals surface area (Å²) in [6.07, 6.45) is 3.71. The zero-order valence-electron chi connectivity index (χ0n) is 11.2. The maximum atomic E-state index is 13.9. The largest absolute Gasteiger partial charge is 0.322 e. The number of para-hydroxylation sites is 1. The van der Waals surface area contributed by atoms with Gasteiger partial charge in [-0.05, 0) is 19.1 Å². The predicted octanol–water partition coefficient (Wildman–Crippen LogP) is 3.26. The van der Waals surface area contributed by atoms with Gasteiger partial charge in [0.15, 0.2) is 5.82 Å². The maximum Gasteiger partial charge on any atom is 0.151 e. The Kier molecular flexibility index (Phi) is 3.22. The van der Waals surface area contributed by atoms with E-state index in [1.165, 1.54) is 6.07 Å². The van der Waals surface area contributed by atoms with Crippen LogP contribution in [0.3, 0.4) is 0 Å². The molecule has 3 rings (SSSR count). The first-order valence-corrected chi connectivity index (χ1v) is 6.76. The summed E-state index contributed by atoms with van der Waals surface area (Å²) in [5.41, 5.74) is 2.13. The average Bonchev–Trinajstić information content (AvgIpc) is 2.96. The SMILES string of the molecule is CC(Cl)c1nc2c(F)cccc2n1Cc1cnn(C)c1. The van der Waals surface area contributed by atoms with Gasteiger partial charge in [0, 0.05) is 18.8 Å². The highest BCUT2D eigenvalue weighted by atomic mass is 35.5. The molecule has 20 heavy (non-hydrogen) atoms. The molecule has 1 atom stereocenters. The molecule has 2 aromatic heterocycles. The zero-order chi connectivity index (χ0) is 14.3. The molecule has 0 fully saturated rings. The molecule has 1 aromatic carbocycles. The summed E-state index contributed by atoms with van der Waals surface area (Å²) in [5.74, 6) is 0.335. The Hall–Kier alpha value is -1.88. The molecule has 0 bridgehead atoms. The third-order valence-corrected chi connectivity index (χ3v) is 3.41. The van der Waals surface area contributed by atoms with Gasteiger partial charge < -0.3 is 4.57 Å². The molecule has 0 aliphatic heterocycles. The van der Waals surface area contributed by atoms with Crippen molar-refractivity contribution >= 4 is 22.6 Å². The Balaban J connectivity index is 2.16. The molecule has 1 unspecified atom stereocenters. The molecule has 0 aliphatic carbocycles. The summed E-state index contributed by atoms with van der Waals surface area (Å²) in [5, 5.41) is 3.85. The molecule has 0 N–H and O–H groups in total. The van der Waals surface area contributed by atoms with Crippen molar-refractivity contribution in [1.82, 2.24) is 19.3 Å². The monoisotopic (exact) mass is 292 g/mol. The Morgan fingerprint density at radius 1 is 1.40 bits per heavy atom. The summed E-state index contributed by atoms with van der Waals surface area (Å²) in [4.78, 5) is 4.34. The van der Waals surface area contributed by atoms with Crippen molar-refractivity contribution < 1.29 is 4.39 Å². The Labute approximate surface area is 120 Å². The second-order valence-electron chi connectivity index (χ2n) is 4.80. The molecule has 4 nitrogen and oxygen atoms in total. The van der Waals surface area contributed by atoms with Crippen LogP contribution in [0.2, 0.25) is 0 Å². The van der Waals surface area contributed by atoms with Gasteiger partial charge in [-0.2, -0.15) is 5.10 Å². The van der Waals surface area contributed by atoms with Crippen molar-refractivity contribution in [2.24, 2.45) is 7.05 Å². The van der Waals surface area contributed by atoms with Gasteiger partial charge >= 0.3 is 0 Å². The molecular weight excluding hydrogens is 279 g/mol. The first kappa shape index (κ1) is 13.1. The molecule has 104 valence electrons. The topological polar surface area (TPSA) is 35.6 Å². The number of aromatic nitrogens is 4. The summed E-state index contributed by atoms with van der Waals surface area (Å²) < 4.78 is 17.5. The molecule has 0 radical (unpaired) electrons. The summed E-state index contributed by atoms with van der Waals surface area (Å²) in [6, 6.07) is 4.94. The minimum Gasteiger partial charge on any atom is -0.322 e. The second-order valence-corrected chi connectivity index (χ2v) is 5.46. The Morgan fingerprint density at radius 3 is 2.85 bits per heavy atom. The lowest BCUT2D eigenvalue weighted by atomic mass is 10.3. The van der Waals surface area contributed by atoms with Crippen LogP contribution in [0.15, 0.2) is 30.6 Å². The fraction of sp³-hybridized carbons (Fsp3) is 0.286. The van der Waals surface area contributed by atoms with Gasteiger partial charge in [-0.15, -0.1) is 11.6 Å². The highest BCUT2D eigenvalue weighted by Gasteiger charge is 2.17. The standard InChI is InChI=1S/C14H14ClFN4/c1-9(15)14-18-13-11(16)4-3-5-12(13)20(14)8-10-6-17-19(2)7-10/h3-7,9H,8H2,1-2H3. The highest BCUT2D eigenvalue weighted by molar-refractivity contribution is 6.20. The molecule has 0 spiro atoms. The van der Waals surface area contributed by atoms with E-state index in [0.717, 1.165) is 11.1 Å². The van der Waals surface area contributed by atoms with E-state index in [0.29, 0.717) is 17.9 Å². The van der Waals surface area contributed by atoms with E-state index in [9.17, 15) is 4.39 Å². The minimum atomic E-state index is -0.328. The fourth-order valence-corrected chi connectivity index (χ4v) is 2.50. The van der Waals surface area contributed by atoms with E-state index >= 15 is 0 Å². The molecular formula is C14H14ClFN4. The molecule has 0 saturated heterocycles. The van der Waals surface area contributed by atoms with Gasteiger partial charge in [-0.1, -0.05) is 6.07 Å². The van der Waals surface area contributed by atoms with Crippen LogP contribution in [0, 0.1) is 5.82 Å². The van der Waals surface area contributed by atoms with Gasteiger partial charge in [0.1, 0.15) is 11.3 Å². The van der Waals surface area contributed by atoms with E-state index in [1.807, 2.05) is 30.8 Å². The predicted molar refractivity (Wildman–Crippen MR) is 76.3 cm³/mol. The number of fused-ring (bicyclic) bond motifs is 1. The van der Waals surface area contributed by atoms with Crippen molar-refractivity contribution in [2.75, 3.05) is 0 Å². The summed E-state index contributed by atoms with van der Waals surface area (Å²) in [7, 11) is 1.86. The number of hydrogen-bond donors (Lipinski definition) is 0. The van der Waals surface area contributed by atoms with E-state index < -0.39 is 0 Å². The van der Waals surface area contributed by atoms with Gasteiger partial charge in [-0.3, -0.25) is 4.68 Å². The normalized spacial score (nSPS) is 13.0. The molecule has 2 heterocycles. The van der Waals surface area contributed by atoms with Crippen LogP contribution in [0.4, 0.5) is 4.39 Å². The summed E-state index contributed by atoms with van der Waals surface area (Å²) in [6.45, 7) is 2.40. The van der Waals surface area contributed by atoms with Crippen molar-refractivity contribution in [3.05, 3.63) is 47.8 Å². The highest BCUT2D eigenvalue weighted by Crippen LogP contribution is 2.26. The number of aryl methyl sites for hydroxylation is 1. The number of benzene rings is 1. The zero-order valence-corrected chi connectivity index (χ0v) is 12.0. The second kappa shape index (κ2) is 4.90. The maximum absolute atomic E-state index is 13.9. The van der Waals surface area contributed by atoms with Crippen molar-refractivity contribution in [1.29, 1.82) is 0 Å². The smallest absolute Gasteiger partial charge is 0.151 e. The third kappa shape index (κ3) is 2.18. The van der Waals surface area contributed by atoms with Crippen LogP contribution < -0.4 is 0 Å². The number of halogens is 2. The minimum absolute atomic E-state index is 0.293. The number of alkyl halides is 1. The van der Waals surface area contributed by atoms with Crippen LogP contribution in [0.5, 0.6) is 0 Å². The lowest BCUT2D eigenvalue weighted by Gasteiger charge is -2.09. The van der Waals surface area contributed by atoms with E-state index in [1.54, 1.807) is 16.9 Å². The van der Waals surface area contributed by atoms with Crippen LogP contribution in [-0.2, 0) is 13.6 Å². The van der Waals surface area contributed by atoms with Crippen molar-refractivity contribution in [2.45, 2.75) is 18.8 Å². The average molecular weight is 293 g/mol. The van der Waals surface area contributed by atoms with E-state index in [-0.39, 0.29) is 11.2 Å². The number of nitrogens with zero attached hydrogens (tertiary/aromatic N) is 4. The van der Waals surface area contributed by atoms with Crippen LogP contribution in [0.25, 0.3) is 11.0 Å². The van der Waals surface area contributed by atoms with Gasteiger partial charge in [0.05, 0.1) is 23.6 Å². The van der Waals surface area contributed by atoms with Crippen LogP contribution in [0.1, 0.15) is 23.7 Å². The van der Waals surface area contributed by atoms with Gasteiger partial charge in [0.2, 0.25) is 0 Å². The van der Waals surface area contributed by atoms with E-state index in [2.05, 4.69) is 10.1 Å².